The van der Waals surface area contributed by atoms with Crippen molar-refractivity contribution in [2.75, 3.05) is 0 Å². The standard InChI is InChI=1S/C24H27NO/c1-18(2)17-23(21-10-4-3-5-11-21)25-24(26)16-15-20-13-8-12-19-9-6-7-14-22(19)20/h3-14,18,23H,15-17H2,1-2H3,(H,25,26). The number of benzene rings is 3. The van der Waals surface area contributed by atoms with Crippen LogP contribution >= 0.6 is 0 Å². The summed E-state index contributed by atoms with van der Waals surface area (Å²) in [5, 5.41) is 5.71. The van der Waals surface area contributed by atoms with E-state index in [9.17, 15) is 4.79 Å². The Hall–Kier alpha value is -2.61. The van der Waals surface area contributed by atoms with Gasteiger partial charge in [-0.3, -0.25) is 4.79 Å². The van der Waals surface area contributed by atoms with Crippen LogP contribution in [0.15, 0.2) is 72.8 Å². The summed E-state index contributed by atoms with van der Waals surface area (Å²) in [7, 11) is 0. The van der Waals surface area contributed by atoms with E-state index < -0.39 is 0 Å². The zero-order chi connectivity index (χ0) is 18.4. The second kappa shape index (κ2) is 8.66. The van der Waals surface area contributed by atoms with Crippen molar-refractivity contribution in [3.8, 4) is 0 Å². The lowest BCUT2D eigenvalue weighted by Gasteiger charge is -2.21. The average Bonchev–Trinajstić information content (AvgIpc) is 2.66. The van der Waals surface area contributed by atoms with Gasteiger partial charge in [-0.05, 0) is 40.7 Å². The number of aryl methyl sites for hydroxylation is 1. The van der Waals surface area contributed by atoms with E-state index in [0.29, 0.717) is 12.3 Å². The third kappa shape index (κ3) is 4.72. The fraction of sp³-hybridized carbons (Fsp3) is 0.292. The number of nitrogens with one attached hydrogen (secondary N) is 1. The lowest BCUT2D eigenvalue weighted by Crippen LogP contribution is -2.29. The highest BCUT2D eigenvalue weighted by Crippen LogP contribution is 2.22. The zero-order valence-electron chi connectivity index (χ0n) is 15.6. The highest BCUT2D eigenvalue weighted by atomic mass is 16.1. The number of hydrogen-bond acceptors (Lipinski definition) is 1. The Labute approximate surface area is 156 Å². The summed E-state index contributed by atoms with van der Waals surface area (Å²) in [5.74, 6) is 0.644. The van der Waals surface area contributed by atoms with Crippen molar-refractivity contribution in [2.24, 2.45) is 5.92 Å². The highest BCUT2D eigenvalue weighted by molar-refractivity contribution is 5.86. The molecule has 2 nitrogen and oxygen atoms in total. The molecule has 0 spiro atoms. The molecular weight excluding hydrogens is 318 g/mol. The van der Waals surface area contributed by atoms with E-state index in [1.54, 1.807) is 0 Å². The van der Waals surface area contributed by atoms with Crippen LogP contribution in [0.5, 0.6) is 0 Å². The maximum Gasteiger partial charge on any atom is 0.220 e. The number of hydrogen-bond donors (Lipinski definition) is 1. The van der Waals surface area contributed by atoms with Crippen LogP contribution in [0, 0.1) is 5.92 Å². The van der Waals surface area contributed by atoms with Crippen molar-refractivity contribution < 1.29 is 4.79 Å². The molecule has 1 unspecified atom stereocenters. The molecule has 0 fully saturated rings. The molecule has 0 radical (unpaired) electrons. The van der Waals surface area contributed by atoms with Gasteiger partial charge < -0.3 is 5.32 Å². The van der Waals surface area contributed by atoms with Crippen molar-refractivity contribution >= 4 is 16.7 Å². The van der Waals surface area contributed by atoms with Gasteiger partial charge in [0, 0.05) is 6.42 Å². The summed E-state index contributed by atoms with van der Waals surface area (Å²) in [5.41, 5.74) is 2.41. The van der Waals surface area contributed by atoms with Crippen molar-refractivity contribution in [3.05, 3.63) is 83.9 Å². The Morgan fingerprint density at radius 2 is 1.58 bits per heavy atom. The molecule has 0 saturated heterocycles. The van der Waals surface area contributed by atoms with Gasteiger partial charge in [0.15, 0.2) is 0 Å². The second-order valence-electron chi connectivity index (χ2n) is 7.30. The summed E-state index contributed by atoms with van der Waals surface area (Å²) in [6, 6.07) is 25.0. The molecule has 3 aromatic rings. The Kier molecular flexibility index (Phi) is 6.06. The van der Waals surface area contributed by atoms with E-state index in [2.05, 4.69) is 73.8 Å². The molecule has 3 rings (SSSR count). The number of carbonyl (C=O) groups is 1. The van der Waals surface area contributed by atoms with Gasteiger partial charge in [0.2, 0.25) is 5.91 Å². The van der Waals surface area contributed by atoms with Gasteiger partial charge >= 0.3 is 0 Å². The van der Waals surface area contributed by atoms with Crippen LogP contribution in [0.1, 0.15) is 43.9 Å². The Morgan fingerprint density at radius 3 is 2.35 bits per heavy atom. The Balaban J connectivity index is 1.66. The maximum atomic E-state index is 12.6. The first-order valence-electron chi connectivity index (χ1n) is 9.44. The van der Waals surface area contributed by atoms with Crippen LogP contribution in [0.2, 0.25) is 0 Å². The molecule has 2 heteroatoms. The predicted octanol–water partition coefficient (Wildman–Crippen LogP) is 5.68. The minimum absolute atomic E-state index is 0.0798. The van der Waals surface area contributed by atoms with Crippen LogP contribution < -0.4 is 5.32 Å². The Bertz CT molecular complexity index is 849. The predicted molar refractivity (Wildman–Crippen MR) is 109 cm³/mol. The van der Waals surface area contributed by atoms with Crippen LogP contribution in [0.3, 0.4) is 0 Å². The third-order valence-electron chi connectivity index (χ3n) is 4.75. The summed E-state index contributed by atoms with van der Waals surface area (Å²) in [6.45, 7) is 4.39. The first-order valence-corrected chi connectivity index (χ1v) is 9.44. The molecule has 0 bridgehead atoms. The van der Waals surface area contributed by atoms with Gasteiger partial charge in [0.05, 0.1) is 6.04 Å². The van der Waals surface area contributed by atoms with E-state index in [1.165, 1.54) is 21.9 Å². The number of amides is 1. The minimum Gasteiger partial charge on any atom is -0.349 e. The zero-order valence-corrected chi connectivity index (χ0v) is 15.6. The van der Waals surface area contributed by atoms with Crippen LogP contribution in [0.4, 0.5) is 0 Å². The molecule has 134 valence electrons. The summed E-state index contributed by atoms with van der Waals surface area (Å²) in [6.07, 6.45) is 2.22. The Morgan fingerprint density at radius 1 is 0.885 bits per heavy atom. The van der Waals surface area contributed by atoms with E-state index in [0.717, 1.165) is 12.8 Å². The fourth-order valence-corrected chi connectivity index (χ4v) is 3.46. The topological polar surface area (TPSA) is 29.1 Å². The van der Waals surface area contributed by atoms with Crippen LogP contribution in [-0.2, 0) is 11.2 Å². The molecule has 0 heterocycles. The van der Waals surface area contributed by atoms with E-state index in [-0.39, 0.29) is 11.9 Å². The van der Waals surface area contributed by atoms with Crippen molar-refractivity contribution in [1.82, 2.24) is 5.32 Å². The lowest BCUT2D eigenvalue weighted by atomic mass is 9.96. The van der Waals surface area contributed by atoms with Crippen molar-refractivity contribution in [3.63, 3.8) is 0 Å². The monoisotopic (exact) mass is 345 g/mol. The molecule has 0 aliphatic heterocycles. The third-order valence-corrected chi connectivity index (χ3v) is 4.75. The maximum absolute atomic E-state index is 12.6. The van der Waals surface area contributed by atoms with Crippen molar-refractivity contribution in [1.29, 1.82) is 0 Å². The van der Waals surface area contributed by atoms with Gasteiger partial charge in [-0.2, -0.15) is 0 Å². The molecule has 0 aliphatic rings. The quantitative estimate of drug-likeness (QED) is 0.587. The van der Waals surface area contributed by atoms with Crippen molar-refractivity contribution in [2.45, 2.75) is 39.2 Å². The largest absolute Gasteiger partial charge is 0.349 e. The number of carbonyl (C=O) groups excluding carboxylic acids is 1. The fourth-order valence-electron chi connectivity index (χ4n) is 3.46. The number of fused-ring (bicyclic) bond motifs is 1. The first-order chi connectivity index (χ1) is 12.6. The minimum atomic E-state index is 0.0798. The van der Waals surface area contributed by atoms with Crippen LogP contribution in [0.25, 0.3) is 10.8 Å². The smallest absolute Gasteiger partial charge is 0.220 e. The van der Waals surface area contributed by atoms with Gasteiger partial charge in [-0.1, -0.05) is 86.6 Å². The number of rotatable bonds is 7. The molecule has 0 aliphatic carbocycles. The lowest BCUT2D eigenvalue weighted by molar-refractivity contribution is -0.121. The first kappa shape index (κ1) is 18.2. The SMILES string of the molecule is CC(C)CC(NC(=O)CCc1cccc2ccccc12)c1ccccc1. The van der Waals surface area contributed by atoms with Gasteiger partial charge in [0.25, 0.3) is 0 Å². The normalized spacial score (nSPS) is 12.3. The van der Waals surface area contributed by atoms with E-state index in [1.807, 2.05) is 18.2 Å². The van der Waals surface area contributed by atoms with E-state index in [4.69, 9.17) is 0 Å². The molecule has 1 atom stereocenters. The molecule has 0 saturated carbocycles. The van der Waals surface area contributed by atoms with E-state index >= 15 is 0 Å². The molecule has 1 amide bonds. The summed E-state index contributed by atoms with van der Waals surface area (Å²) < 4.78 is 0. The molecule has 3 aromatic carbocycles. The van der Waals surface area contributed by atoms with Gasteiger partial charge in [0.1, 0.15) is 0 Å². The molecule has 0 aromatic heterocycles. The van der Waals surface area contributed by atoms with Gasteiger partial charge in [-0.15, -0.1) is 0 Å². The second-order valence-corrected chi connectivity index (χ2v) is 7.30. The summed E-state index contributed by atoms with van der Waals surface area (Å²) >= 11 is 0. The average molecular weight is 345 g/mol. The molecule has 1 N–H and O–H groups in total. The molecular formula is C24H27NO. The summed E-state index contributed by atoms with van der Waals surface area (Å²) in [4.78, 5) is 12.6. The molecule has 26 heavy (non-hydrogen) atoms. The van der Waals surface area contributed by atoms with Crippen LogP contribution in [-0.4, -0.2) is 5.91 Å². The van der Waals surface area contributed by atoms with Gasteiger partial charge in [-0.25, -0.2) is 0 Å². The highest BCUT2D eigenvalue weighted by Gasteiger charge is 2.16.